The molecule has 1 N–H and O–H groups in total. The minimum Gasteiger partial charge on any atom is -0.355 e. The van der Waals surface area contributed by atoms with E-state index in [0.717, 1.165) is 12.1 Å². The van der Waals surface area contributed by atoms with Gasteiger partial charge in [0.05, 0.1) is 0 Å². The van der Waals surface area contributed by atoms with Gasteiger partial charge in [-0.1, -0.05) is 60.2 Å². The highest BCUT2D eigenvalue weighted by molar-refractivity contribution is 5.63. The standard InChI is InChI=1S/C19H21N/c1-3-4-5-6-9-17-10-7-8-11-19(17)20-18-14-12-16(2)13-15-18/h3-8,10-15,20H,9H2,1-2H3/b4-3-,6-5-. The second kappa shape index (κ2) is 7.34. The minimum atomic E-state index is 0.930. The number of hydrogen-bond acceptors (Lipinski definition) is 1. The summed E-state index contributed by atoms with van der Waals surface area (Å²) < 4.78 is 0. The average molecular weight is 263 g/mol. The van der Waals surface area contributed by atoms with Crippen LogP contribution in [0.3, 0.4) is 0 Å². The second-order valence-electron chi connectivity index (χ2n) is 4.81. The number of anilines is 2. The molecule has 0 atom stereocenters. The summed E-state index contributed by atoms with van der Waals surface area (Å²) in [5.74, 6) is 0. The van der Waals surface area contributed by atoms with Gasteiger partial charge in [-0.3, -0.25) is 0 Å². The van der Waals surface area contributed by atoms with Gasteiger partial charge in [-0.15, -0.1) is 0 Å². The lowest BCUT2D eigenvalue weighted by Crippen LogP contribution is -1.95. The highest BCUT2D eigenvalue weighted by Gasteiger charge is 2.00. The second-order valence-corrected chi connectivity index (χ2v) is 4.81. The topological polar surface area (TPSA) is 12.0 Å². The summed E-state index contributed by atoms with van der Waals surface area (Å²) in [6.45, 7) is 4.13. The van der Waals surface area contributed by atoms with Crippen LogP contribution in [0.5, 0.6) is 0 Å². The first-order valence-electron chi connectivity index (χ1n) is 6.99. The molecular formula is C19H21N. The predicted molar refractivity (Wildman–Crippen MR) is 88.6 cm³/mol. The van der Waals surface area contributed by atoms with Crippen molar-refractivity contribution in [3.8, 4) is 0 Å². The van der Waals surface area contributed by atoms with Crippen LogP contribution in [-0.4, -0.2) is 0 Å². The molecule has 0 aromatic heterocycles. The molecule has 2 aromatic carbocycles. The first kappa shape index (κ1) is 14.1. The summed E-state index contributed by atoms with van der Waals surface area (Å²) in [5.41, 5.74) is 4.87. The number of benzene rings is 2. The lowest BCUT2D eigenvalue weighted by Gasteiger charge is -2.11. The van der Waals surface area contributed by atoms with Gasteiger partial charge in [-0.05, 0) is 44.0 Å². The van der Waals surface area contributed by atoms with Crippen LogP contribution in [0.2, 0.25) is 0 Å². The molecule has 20 heavy (non-hydrogen) atoms. The average Bonchev–Trinajstić information content (AvgIpc) is 2.47. The number of allylic oxidation sites excluding steroid dienone is 4. The fourth-order valence-corrected chi connectivity index (χ4v) is 2.00. The molecule has 1 heteroatoms. The third-order valence-electron chi connectivity index (χ3n) is 3.13. The van der Waals surface area contributed by atoms with E-state index in [1.807, 2.05) is 13.0 Å². The monoisotopic (exact) mass is 263 g/mol. The lowest BCUT2D eigenvalue weighted by molar-refractivity contribution is 1.26. The van der Waals surface area contributed by atoms with E-state index in [0.29, 0.717) is 0 Å². The molecule has 0 radical (unpaired) electrons. The van der Waals surface area contributed by atoms with Crippen molar-refractivity contribution in [1.29, 1.82) is 0 Å². The quantitative estimate of drug-likeness (QED) is 0.711. The molecule has 0 amide bonds. The summed E-state index contributed by atoms with van der Waals surface area (Å²) >= 11 is 0. The van der Waals surface area contributed by atoms with E-state index in [-0.39, 0.29) is 0 Å². The zero-order valence-corrected chi connectivity index (χ0v) is 12.1. The van der Waals surface area contributed by atoms with Crippen LogP contribution in [0, 0.1) is 6.92 Å². The number of nitrogens with one attached hydrogen (secondary N) is 1. The van der Waals surface area contributed by atoms with Crippen LogP contribution < -0.4 is 5.32 Å². The highest BCUT2D eigenvalue weighted by atomic mass is 14.9. The van der Waals surface area contributed by atoms with Crippen molar-refractivity contribution in [3.05, 3.63) is 84.0 Å². The molecule has 0 spiro atoms. The zero-order chi connectivity index (χ0) is 14.2. The fraction of sp³-hybridized carbons (Fsp3) is 0.158. The van der Waals surface area contributed by atoms with E-state index in [1.54, 1.807) is 0 Å². The summed E-state index contributed by atoms with van der Waals surface area (Å²) in [7, 11) is 0. The van der Waals surface area contributed by atoms with E-state index in [1.165, 1.54) is 16.8 Å². The molecule has 0 aliphatic carbocycles. The van der Waals surface area contributed by atoms with Gasteiger partial charge in [0.15, 0.2) is 0 Å². The van der Waals surface area contributed by atoms with Crippen LogP contribution in [0.4, 0.5) is 11.4 Å². The molecule has 1 nitrogen and oxygen atoms in total. The molecule has 0 heterocycles. The van der Waals surface area contributed by atoms with Crippen molar-refractivity contribution in [2.24, 2.45) is 0 Å². The van der Waals surface area contributed by atoms with Gasteiger partial charge in [0.2, 0.25) is 0 Å². The SMILES string of the molecule is C/C=C\C=C/Cc1ccccc1Nc1ccc(C)cc1. The predicted octanol–water partition coefficient (Wildman–Crippen LogP) is 5.41. The van der Waals surface area contributed by atoms with E-state index >= 15 is 0 Å². The highest BCUT2D eigenvalue weighted by Crippen LogP contribution is 2.21. The van der Waals surface area contributed by atoms with Gasteiger partial charge in [-0.2, -0.15) is 0 Å². The molecule has 2 rings (SSSR count). The van der Waals surface area contributed by atoms with Crippen molar-refractivity contribution in [2.45, 2.75) is 20.3 Å². The fourth-order valence-electron chi connectivity index (χ4n) is 2.00. The Labute approximate surface area is 121 Å². The molecular weight excluding hydrogens is 242 g/mol. The normalized spacial score (nSPS) is 11.3. The Balaban J connectivity index is 2.13. The van der Waals surface area contributed by atoms with Gasteiger partial charge in [0.1, 0.15) is 0 Å². The number of rotatable bonds is 5. The Morgan fingerprint density at radius 3 is 2.45 bits per heavy atom. The van der Waals surface area contributed by atoms with E-state index < -0.39 is 0 Å². The van der Waals surface area contributed by atoms with Gasteiger partial charge in [0, 0.05) is 11.4 Å². The largest absolute Gasteiger partial charge is 0.355 e. The van der Waals surface area contributed by atoms with Crippen molar-refractivity contribution in [3.63, 3.8) is 0 Å². The Bertz CT molecular complexity index is 591. The van der Waals surface area contributed by atoms with Gasteiger partial charge >= 0.3 is 0 Å². The van der Waals surface area contributed by atoms with Crippen LogP contribution in [0.15, 0.2) is 72.8 Å². The molecule has 0 aliphatic rings. The molecule has 0 bridgehead atoms. The maximum Gasteiger partial charge on any atom is 0.0419 e. The van der Waals surface area contributed by atoms with Gasteiger partial charge in [0.25, 0.3) is 0 Å². The molecule has 0 aliphatic heterocycles. The molecule has 102 valence electrons. The number of para-hydroxylation sites is 1. The van der Waals surface area contributed by atoms with Crippen molar-refractivity contribution in [2.75, 3.05) is 5.32 Å². The Kier molecular flexibility index (Phi) is 5.19. The lowest BCUT2D eigenvalue weighted by atomic mass is 10.1. The van der Waals surface area contributed by atoms with Crippen LogP contribution in [0.25, 0.3) is 0 Å². The van der Waals surface area contributed by atoms with E-state index in [9.17, 15) is 0 Å². The minimum absolute atomic E-state index is 0.930. The summed E-state index contributed by atoms with van der Waals surface area (Å²) in [6.07, 6.45) is 9.28. The maximum atomic E-state index is 3.49. The maximum absolute atomic E-state index is 3.49. The molecule has 0 saturated carbocycles. The van der Waals surface area contributed by atoms with Crippen molar-refractivity contribution < 1.29 is 0 Å². The molecule has 2 aromatic rings. The Morgan fingerprint density at radius 1 is 0.950 bits per heavy atom. The summed E-state index contributed by atoms with van der Waals surface area (Å²) in [4.78, 5) is 0. The first-order valence-corrected chi connectivity index (χ1v) is 6.99. The molecule has 0 saturated heterocycles. The van der Waals surface area contributed by atoms with Gasteiger partial charge in [-0.25, -0.2) is 0 Å². The number of aryl methyl sites for hydroxylation is 1. The Morgan fingerprint density at radius 2 is 1.70 bits per heavy atom. The van der Waals surface area contributed by atoms with E-state index in [4.69, 9.17) is 0 Å². The zero-order valence-electron chi connectivity index (χ0n) is 12.1. The molecule has 0 unspecified atom stereocenters. The van der Waals surface area contributed by atoms with Gasteiger partial charge < -0.3 is 5.32 Å². The first-order chi connectivity index (χ1) is 9.79. The third-order valence-corrected chi connectivity index (χ3v) is 3.13. The Hall–Kier alpha value is -2.28. The van der Waals surface area contributed by atoms with Crippen LogP contribution >= 0.6 is 0 Å². The van der Waals surface area contributed by atoms with Crippen LogP contribution in [-0.2, 0) is 6.42 Å². The van der Waals surface area contributed by atoms with Crippen molar-refractivity contribution >= 4 is 11.4 Å². The van der Waals surface area contributed by atoms with Crippen molar-refractivity contribution in [1.82, 2.24) is 0 Å². The van der Waals surface area contributed by atoms with Crippen LogP contribution in [0.1, 0.15) is 18.1 Å². The van der Waals surface area contributed by atoms with E-state index in [2.05, 4.69) is 79.0 Å². The summed E-state index contributed by atoms with van der Waals surface area (Å²) in [6, 6.07) is 16.9. The molecule has 0 fully saturated rings. The third kappa shape index (κ3) is 4.13. The summed E-state index contributed by atoms with van der Waals surface area (Å²) in [5, 5.41) is 3.49. The smallest absolute Gasteiger partial charge is 0.0419 e. The number of hydrogen-bond donors (Lipinski definition) is 1.